The van der Waals surface area contributed by atoms with Crippen LogP contribution in [0.1, 0.15) is 17.6 Å². The first-order valence-corrected chi connectivity index (χ1v) is 7.71. The van der Waals surface area contributed by atoms with Crippen molar-refractivity contribution in [2.75, 3.05) is 13.7 Å². The Morgan fingerprint density at radius 1 is 1.21 bits per heavy atom. The number of aliphatic hydroxyl groups is 2. The van der Waals surface area contributed by atoms with E-state index in [-0.39, 0.29) is 18.8 Å². The molecule has 0 aliphatic carbocycles. The first-order chi connectivity index (χ1) is 11.7. The molecule has 3 heterocycles. The molecule has 0 spiro atoms. The number of rotatable bonds is 5. The van der Waals surface area contributed by atoms with Gasteiger partial charge in [-0.1, -0.05) is 12.1 Å². The van der Waals surface area contributed by atoms with Crippen molar-refractivity contribution in [2.24, 2.45) is 0 Å². The highest BCUT2D eigenvalue weighted by Crippen LogP contribution is 2.41. The van der Waals surface area contributed by atoms with Crippen LogP contribution < -0.4 is 4.74 Å². The monoisotopic (exact) mass is 334 g/mol. The quantitative estimate of drug-likeness (QED) is 0.689. The molecule has 2 N–H and O–H groups in total. The molecule has 4 rings (SSSR count). The van der Waals surface area contributed by atoms with E-state index in [2.05, 4.69) is 15.4 Å². The molecule has 0 amide bonds. The van der Waals surface area contributed by atoms with Crippen molar-refractivity contribution >= 4 is 0 Å². The van der Waals surface area contributed by atoms with Gasteiger partial charge in [0.25, 0.3) is 0 Å². The van der Waals surface area contributed by atoms with Gasteiger partial charge in [-0.2, -0.15) is 0 Å². The molecule has 128 valence electrons. The Labute approximate surface area is 137 Å². The van der Waals surface area contributed by atoms with E-state index in [4.69, 9.17) is 14.2 Å². The fourth-order valence-corrected chi connectivity index (χ4v) is 2.89. The van der Waals surface area contributed by atoms with Crippen LogP contribution in [0.4, 0.5) is 0 Å². The van der Waals surface area contributed by atoms with Gasteiger partial charge in [0.1, 0.15) is 30.2 Å². The Bertz CT molecular complexity index is 706. The summed E-state index contributed by atoms with van der Waals surface area (Å²) in [6.45, 7) is -0.294. The summed E-state index contributed by atoms with van der Waals surface area (Å²) in [5, 5.41) is 31.6. The summed E-state index contributed by atoms with van der Waals surface area (Å²) in [5.74, 6) is 1.34. The minimum absolute atomic E-state index is 0.294. The molecular weight excluding hydrogens is 316 g/mol. The molecule has 1 aromatic heterocycles. The maximum atomic E-state index is 9.90. The average molecular weight is 334 g/mol. The van der Waals surface area contributed by atoms with E-state index in [9.17, 15) is 10.2 Å². The number of methoxy groups -OCH3 is 1. The first kappa shape index (κ1) is 15.5. The number of fused-ring (bicyclic) bond motifs is 1. The van der Waals surface area contributed by atoms with E-state index < -0.39 is 18.4 Å². The second kappa shape index (κ2) is 6.10. The Morgan fingerprint density at radius 2 is 2.00 bits per heavy atom. The first-order valence-electron chi connectivity index (χ1n) is 7.71. The average Bonchev–Trinajstić information content (AvgIpc) is 3.29. The smallest absolute Gasteiger partial charge is 0.200 e. The summed E-state index contributed by atoms with van der Waals surface area (Å²) in [7, 11) is 1.62. The van der Waals surface area contributed by atoms with E-state index in [1.54, 1.807) is 7.11 Å². The molecule has 2 aliphatic rings. The van der Waals surface area contributed by atoms with Gasteiger partial charge in [0.15, 0.2) is 12.1 Å². The maximum Gasteiger partial charge on any atom is 0.200 e. The number of hydrogen-bond acceptors (Lipinski definition) is 8. The van der Waals surface area contributed by atoms with Gasteiger partial charge in [0.2, 0.25) is 0 Å². The zero-order valence-electron chi connectivity index (χ0n) is 13.0. The lowest BCUT2D eigenvalue weighted by molar-refractivity contribution is -0.152. The molecule has 9 nitrogen and oxygen atoms in total. The van der Waals surface area contributed by atoms with Crippen LogP contribution in [0, 0.1) is 0 Å². The molecule has 2 saturated heterocycles. The Morgan fingerprint density at radius 3 is 2.71 bits per heavy atom. The molecule has 9 heteroatoms. The van der Waals surface area contributed by atoms with Crippen molar-refractivity contribution in [2.45, 2.75) is 37.1 Å². The minimum Gasteiger partial charge on any atom is -0.497 e. The van der Waals surface area contributed by atoms with Gasteiger partial charge in [-0.15, -0.1) is 15.0 Å². The van der Waals surface area contributed by atoms with Crippen molar-refractivity contribution in [1.82, 2.24) is 20.2 Å². The lowest BCUT2D eigenvalue weighted by atomic mass is 10.0. The highest BCUT2D eigenvalue weighted by Gasteiger charge is 2.58. The van der Waals surface area contributed by atoms with Crippen LogP contribution in [0.25, 0.3) is 0 Å². The molecule has 0 radical (unpaired) electrons. The lowest BCUT2D eigenvalue weighted by Crippen LogP contribution is -2.45. The van der Waals surface area contributed by atoms with E-state index in [1.807, 2.05) is 24.3 Å². The number of epoxide rings is 1. The third-order valence-corrected chi connectivity index (χ3v) is 4.27. The molecule has 5 atom stereocenters. The van der Waals surface area contributed by atoms with E-state index in [0.717, 1.165) is 11.3 Å². The normalized spacial score (nSPS) is 31.5. The molecule has 1 aromatic carbocycles. The van der Waals surface area contributed by atoms with Gasteiger partial charge in [-0.25, -0.2) is 0 Å². The van der Waals surface area contributed by atoms with Crippen molar-refractivity contribution < 1.29 is 24.4 Å². The third-order valence-electron chi connectivity index (χ3n) is 4.27. The number of ether oxygens (including phenoxy) is 3. The number of benzene rings is 1. The van der Waals surface area contributed by atoms with Gasteiger partial charge in [-0.05, 0) is 22.9 Å². The maximum absolute atomic E-state index is 9.90. The predicted molar refractivity (Wildman–Crippen MR) is 79.3 cm³/mol. The van der Waals surface area contributed by atoms with Crippen molar-refractivity contribution in [3.8, 4) is 5.75 Å². The Kier molecular flexibility index (Phi) is 3.93. The van der Waals surface area contributed by atoms with Crippen LogP contribution in [-0.2, 0) is 15.9 Å². The Balaban J connectivity index is 1.46. The highest BCUT2D eigenvalue weighted by atomic mass is 16.7. The number of hydrogen-bond donors (Lipinski definition) is 2. The van der Waals surface area contributed by atoms with Crippen molar-refractivity contribution in [3.63, 3.8) is 0 Å². The lowest BCUT2D eigenvalue weighted by Gasteiger charge is -2.28. The van der Waals surface area contributed by atoms with Crippen LogP contribution in [-0.4, -0.2) is 68.6 Å². The van der Waals surface area contributed by atoms with Gasteiger partial charge < -0.3 is 24.4 Å². The molecule has 2 aromatic rings. The van der Waals surface area contributed by atoms with Crippen LogP contribution in [0.2, 0.25) is 0 Å². The summed E-state index contributed by atoms with van der Waals surface area (Å²) in [5.41, 5.74) is 1.03. The SMILES string of the molecule is COc1ccc(Cc2nnn(C3OC(CO)C(O)C4OC43)n2)cc1. The predicted octanol–water partition coefficient (Wildman–Crippen LogP) is -0.710. The van der Waals surface area contributed by atoms with Gasteiger partial charge in [0.05, 0.1) is 13.7 Å². The number of aliphatic hydroxyl groups excluding tert-OH is 2. The van der Waals surface area contributed by atoms with E-state index in [1.165, 1.54) is 4.80 Å². The second-order valence-electron chi connectivity index (χ2n) is 5.85. The minimum atomic E-state index is -0.835. The standard InChI is InChI=1S/C15H18N4O5/c1-22-9-4-2-8(3-5-9)6-11-16-18-19(17-11)15-14-13(24-14)12(21)10(7-20)23-15/h2-5,10,12-15,20-21H,6-7H2,1H3. The molecule has 2 aliphatic heterocycles. The molecule has 0 saturated carbocycles. The van der Waals surface area contributed by atoms with Crippen molar-refractivity contribution in [1.29, 1.82) is 0 Å². The largest absolute Gasteiger partial charge is 0.497 e. The fourth-order valence-electron chi connectivity index (χ4n) is 2.89. The van der Waals surface area contributed by atoms with Gasteiger partial charge in [0, 0.05) is 6.42 Å². The number of tetrazole rings is 1. The summed E-state index contributed by atoms with van der Waals surface area (Å²) >= 11 is 0. The summed E-state index contributed by atoms with van der Waals surface area (Å²) in [6.07, 6.45) is -2.28. The van der Waals surface area contributed by atoms with Crippen LogP contribution >= 0.6 is 0 Å². The van der Waals surface area contributed by atoms with Gasteiger partial charge >= 0.3 is 0 Å². The van der Waals surface area contributed by atoms with E-state index in [0.29, 0.717) is 12.2 Å². The van der Waals surface area contributed by atoms with Crippen LogP contribution in [0.15, 0.2) is 24.3 Å². The Hall–Kier alpha value is -2.07. The summed E-state index contributed by atoms with van der Waals surface area (Å²) < 4.78 is 16.2. The summed E-state index contributed by atoms with van der Waals surface area (Å²) in [6, 6.07) is 7.63. The number of nitrogens with zero attached hydrogens (tertiary/aromatic N) is 4. The summed E-state index contributed by atoms with van der Waals surface area (Å²) in [4.78, 5) is 1.35. The van der Waals surface area contributed by atoms with Gasteiger partial charge in [-0.3, -0.25) is 0 Å². The molecular formula is C15H18N4O5. The third kappa shape index (κ3) is 2.75. The van der Waals surface area contributed by atoms with Crippen molar-refractivity contribution in [3.05, 3.63) is 35.7 Å². The molecule has 0 bridgehead atoms. The fraction of sp³-hybridized carbons (Fsp3) is 0.533. The molecule has 24 heavy (non-hydrogen) atoms. The number of aromatic nitrogens is 4. The zero-order valence-corrected chi connectivity index (χ0v) is 13.0. The molecule has 2 fully saturated rings. The van der Waals surface area contributed by atoms with Crippen LogP contribution in [0.5, 0.6) is 5.75 Å². The zero-order chi connectivity index (χ0) is 16.7. The topological polar surface area (TPSA) is 115 Å². The molecule has 5 unspecified atom stereocenters. The van der Waals surface area contributed by atoms with Crippen LogP contribution in [0.3, 0.4) is 0 Å². The highest BCUT2D eigenvalue weighted by molar-refractivity contribution is 5.28. The second-order valence-corrected chi connectivity index (χ2v) is 5.85. The van der Waals surface area contributed by atoms with E-state index >= 15 is 0 Å².